The molecule has 0 aromatic rings. The van der Waals surface area contributed by atoms with E-state index < -0.39 is 49.0 Å². The van der Waals surface area contributed by atoms with Gasteiger partial charge in [0.05, 0.1) is 6.61 Å². The molecule has 0 fully saturated rings. The summed E-state index contributed by atoms with van der Waals surface area (Å²) in [6.45, 7) is 23.0. The maximum absolute atomic E-state index is 15.0. The molecule has 0 bridgehead atoms. The Kier molecular flexibility index (Phi) is 17.0. The van der Waals surface area contributed by atoms with E-state index in [2.05, 4.69) is 13.2 Å². The van der Waals surface area contributed by atoms with Crippen LogP contribution in [0.15, 0.2) is 24.3 Å². The molecular formula is C27H49O11P. The molecule has 0 aliphatic heterocycles. The maximum atomic E-state index is 15.0. The fourth-order valence-electron chi connectivity index (χ4n) is 3.86. The number of carbonyl (C=O) groups excluding carboxylic acids is 2. The van der Waals surface area contributed by atoms with Gasteiger partial charge in [0, 0.05) is 33.0 Å². The maximum Gasteiger partial charge on any atom is 0.396 e. The van der Waals surface area contributed by atoms with Gasteiger partial charge >= 0.3 is 13.1 Å². The van der Waals surface area contributed by atoms with Gasteiger partial charge in [0.1, 0.15) is 12.2 Å². The fraction of sp³-hybridized carbons (Fsp3) is 0.778. The minimum Gasteiger partial charge on any atom is -0.348 e. The van der Waals surface area contributed by atoms with E-state index in [1.807, 2.05) is 0 Å². The van der Waals surface area contributed by atoms with Crippen molar-refractivity contribution < 1.29 is 51.6 Å². The summed E-state index contributed by atoms with van der Waals surface area (Å²) in [5.74, 6) is -3.36. The van der Waals surface area contributed by atoms with Crippen LogP contribution in [0, 0.1) is 0 Å². The van der Waals surface area contributed by atoms with Crippen molar-refractivity contribution in [2.24, 2.45) is 0 Å². The van der Waals surface area contributed by atoms with Gasteiger partial charge in [-0.05, 0) is 80.4 Å². The molecule has 0 aromatic heterocycles. The van der Waals surface area contributed by atoms with Gasteiger partial charge in [-0.25, -0.2) is 0 Å². The topological polar surface area (TPSA) is 125 Å². The van der Waals surface area contributed by atoms with E-state index in [1.165, 1.54) is 27.7 Å². The van der Waals surface area contributed by atoms with Gasteiger partial charge in [-0.3, -0.25) is 18.7 Å². The second kappa shape index (κ2) is 17.5. The smallest absolute Gasteiger partial charge is 0.348 e. The van der Waals surface area contributed by atoms with Gasteiger partial charge in [0.15, 0.2) is 11.6 Å². The summed E-state index contributed by atoms with van der Waals surface area (Å²) in [7, 11) is -4.76. The third-order valence-electron chi connectivity index (χ3n) is 5.31. The molecule has 0 rings (SSSR count). The monoisotopic (exact) mass is 580 g/mol. The minimum atomic E-state index is -4.76. The van der Waals surface area contributed by atoms with Crippen LogP contribution in [0.3, 0.4) is 0 Å². The van der Waals surface area contributed by atoms with Crippen LogP contribution in [0.1, 0.15) is 69.2 Å². The Morgan fingerprint density at radius 3 is 1.51 bits per heavy atom. The van der Waals surface area contributed by atoms with E-state index in [9.17, 15) is 9.59 Å². The van der Waals surface area contributed by atoms with E-state index >= 15 is 4.57 Å². The highest BCUT2D eigenvalue weighted by molar-refractivity contribution is 7.55. The zero-order valence-electron chi connectivity index (χ0n) is 25.3. The second-order valence-corrected chi connectivity index (χ2v) is 10.6. The average molecular weight is 581 g/mol. The molecule has 0 aliphatic carbocycles. The van der Waals surface area contributed by atoms with Crippen molar-refractivity contribution in [2.45, 2.75) is 99.1 Å². The molecule has 0 aromatic carbocycles. The minimum absolute atomic E-state index is 0.0566. The summed E-state index contributed by atoms with van der Waals surface area (Å²) < 4.78 is 63.4. The van der Waals surface area contributed by atoms with Crippen molar-refractivity contribution in [2.75, 3.05) is 39.6 Å². The normalized spacial score (nSPS) is 16.8. The molecule has 0 radical (unpaired) electrons. The molecule has 0 saturated carbocycles. The third-order valence-corrected chi connectivity index (χ3v) is 7.80. The zero-order valence-corrected chi connectivity index (χ0v) is 26.2. The second-order valence-electron chi connectivity index (χ2n) is 8.50. The number of hydrogen-bond donors (Lipinski definition) is 0. The van der Waals surface area contributed by atoms with Gasteiger partial charge in [-0.1, -0.05) is 13.2 Å². The highest BCUT2D eigenvalue weighted by Gasteiger charge is 2.75. The average Bonchev–Trinajstić information content (AvgIpc) is 2.86. The molecule has 0 saturated heterocycles. The first-order chi connectivity index (χ1) is 18.2. The van der Waals surface area contributed by atoms with Gasteiger partial charge in [-0.15, -0.1) is 0 Å². The van der Waals surface area contributed by atoms with Crippen molar-refractivity contribution in [1.82, 2.24) is 0 Å². The van der Waals surface area contributed by atoms with E-state index in [0.29, 0.717) is 0 Å². The molecule has 4 unspecified atom stereocenters. The highest BCUT2D eigenvalue weighted by Crippen LogP contribution is 2.68. The Labute approximate surface area is 234 Å². The summed E-state index contributed by atoms with van der Waals surface area (Å²) in [5, 5.41) is 0. The predicted molar refractivity (Wildman–Crippen MR) is 147 cm³/mol. The summed E-state index contributed by atoms with van der Waals surface area (Å²) in [6.07, 6.45) is -3.97. The molecule has 0 spiro atoms. The molecule has 0 amide bonds. The summed E-state index contributed by atoms with van der Waals surface area (Å²) in [4.78, 5) is 25.8. The van der Waals surface area contributed by atoms with Crippen LogP contribution in [-0.4, -0.2) is 81.0 Å². The lowest BCUT2D eigenvalue weighted by Crippen LogP contribution is -2.69. The van der Waals surface area contributed by atoms with Gasteiger partial charge in [0.25, 0.3) is 5.79 Å². The van der Waals surface area contributed by atoms with Crippen LogP contribution in [-0.2, 0) is 51.6 Å². The Morgan fingerprint density at radius 2 is 1.15 bits per heavy atom. The SMILES string of the molecule is C=C(C)C(=O)C(C)OC(OCC)(C(OCC)OCC)C(OCC)(OCC)P(=O)(OCC)OC(C)C(=O)C(=C)C. The van der Waals surface area contributed by atoms with Gasteiger partial charge < -0.3 is 32.9 Å². The molecular weight excluding hydrogens is 531 g/mol. The quantitative estimate of drug-likeness (QED) is 0.0902. The largest absolute Gasteiger partial charge is 0.396 e. The first-order valence-electron chi connectivity index (χ1n) is 13.4. The van der Waals surface area contributed by atoms with Crippen LogP contribution in [0.5, 0.6) is 0 Å². The first kappa shape index (κ1) is 37.7. The first-order valence-corrected chi connectivity index (χ1v) is 14.9. The lowest BCUT2D eigenvalue weighted by atomic mass is 10.1. The molecule has 0 heterocycles. The number of ketones is 2. The van der Waals surface area contributed by atoms with Crippen LogP contribution in [0.4, 0.5) is 0 Å². The standard InChI is InChI=1S/C27H49O11P/c1-13-31-25(32-14-2)26(33-15-3,37-21(11)23(28)19(7)8)27(34-16-4,35-17-5)39(30,36-18-6)38-22(12)24(29)20(9)10/h21-22,25H,7,9,13-18H2,1-6,8,10-12H3. The summed E-state index contributed by atoms with van der Waals surface area (Å²) in [5.41, 5.74) is -2.16. The van der Waals surface area contributed by atoms with Crippen molar-refractivity contribution in [1.29, 1.82) is 0 Å². The lowest BCUT2D eigenvalue weighted by Gasteiger charge is -2.52. The van der Waals surface area contributed by atoms with Gasteiger partial charge in [0.2, 0.25) is 6.29 Å². The molecule has 11 nitrogen and oxygen atoms in total. The third kappa shape index (κ3) is 8.86. The summed E-state index contributed by atoms with van der Waals surface area (Å²) >= 11 is 0. The van der Waals surface area contributed by atoms with Crippen molar-refractivity contribution >= 4 is 19.2 Å². The molecule has 12 heteroatoms. The van der Waals surface area contributed by atoms with E-state index in [-0.39, 0.29) is 50.8 Å². The zero-order chi connectivity index (χ0) is 30.4. The van der Waals surface area contributed by atoms with Crippen molar-refractivity contribution in [3.05, 3.63) is 24.3 Å². The number of carbonyl (C=O) groups is 2. The number of rotatable bonds is 23. The fourth-order valence-corrected chi connectivity index (χ4v) is 6.26. The Bertz CT molecular complexity index is 847. The van der Waals surface area contributed by atoms with Crippen LogP contribution in [0.25, 0.3) is 0 Å². The van der Waals surface area contributed by atoms with Crippen molar-refractivity contribution in [3.8, 4) is 0 Å². The van der Waals surface area contributed by atoms with Crippen LogP contribution < -0.4 is 0 Å². The molecule has 228 valence electrons. The van der Waals surface area contributed by atoms with E-state index in [0.717, 1.165) is 0 Å². The summed E-state index contributed by atoms with van der Waals surface area (Å²) in [6, 6.07) is 0. The molecule has 39 heavy (non-hydrogen) atoms. The molecule has 0 N–H and O–H groups in total. The van der Waals surface area contributed by atoms with Crippen LogP contribution >= 0.6 is 7.60 Å². The Balaban J connectivity index is 7.84. The Hall–Kier alpha value is -1.27. The van der Waals surface area contributed by atoms with Gasteiger partial charge in [-0.2, -0.15) is 0 Å². The Morgan fingerprint density at radius 1 is 0.718 bits per heavy atom. The molecule has 4 atom stereocenters. The lowest BCUT2D eigenvalue weighted by molar-refractivity contribution is -0.443. The van der Waals surface area contributed by atoms with E-state index in [4.69, 9.17) is 37.5 Å². The predicted octanol–water partition coefficient (Wildman–Crippen LogP) is 5.18. The van der Waals surface area contributed by atoms with Crippen LogP contribution in [0.2, 0.25) is 0 Å². The number of ether oxygens (including phenoxy) is 6. The number of hydrogen-bond acceptors (Lipinski definition) is 11. The van der Waals surface area contributed by atoms with E-state index in [1.54, 1.807) is 41.5 Å². The highest BCUT2D eigenvalue weighted by atomic mass is 31.2. The molecule has 0 aliphatic rings. The van der Waals surface area contributed by atoms with Crippen molar-refractivity contribution in [3.63, 3.8) is 0 Å². The number of Topliss-reactive ketones (excluding diaryl/α,β-unsaturated/α-hetero) is 2.